The second-order valence-electron chi connectivity index (χ2n) is 5.24. The van der Waals surface area contributed by atoms with E-state index in [1.165, 1.54) is 11.3 Å². The monoisotopic (exact) mass is 347 g/mol. The molecular weight excluding hydrogens is 330 g/mol. The van der Waals surface area contributed by atoms with Gasteiger partial charge in [-0.25, -0.2) is 13.1 Å². The molecule has 1 aromatic heterocycles. The summed E-state index contributed by atoms with van der Waals surface area (Å²) < 4.78 is 32.7. The molecule has 6 heteroatoms. The Labute approximate surface area is 139 Å². The van der Waals surface area contributed by atoms with Gasteiger partial charge in [0.05, 0.1) is 7.11 Å². The minimum Gasteiger partial charge on any atom is -0.497 e. The van der Waals surface area contributed by atoms with Crippen molar-refractivity contribution < 1.29 is 13.2 Å². The van der Waals surface area contributed by atoms with Crippen molar-refractivity contribution >= 4 is 32.1 Å². The third-order valence-electron chi connectivity index (χ3n) is 3.56. The van der Waals surface area contributed by atoms with Gasteiger partial charge in [0.25, 0.3) is 0 Å². The molecular formula is C17H17NO3S2. The first-order valence-electron chi connectivity index (χ1n) is 7.11. The quantitative estimate of drug-likeness (QED) is 0.766. The summed E-state index contributed by atoms with van der Waals surface area (Å²) in [4.78, 5) is 0.977. The number of ether oxygens (including phenoxy) is 1. The lowest BCUT2D eigenvalue weighted by Crippen LogP contribution is -2.22. The fraction of sp³-hybridized carbons (Fsp3) is 0.176. The van der Waals surface area contributed by atoms with Gasteiger partial charge in [-0.05, 0) is 53.6 Å². The zero-order valence-electron chi connectivity index (χ0n) is 12.9. The fourth-order valence-electron chi connectivity index (χ4n) is 2.32. The van der Waals surface area contributed by atoms with E-state index in [2.05, 4.69) is 4.72 Å². The molecule has 0 aliphatic rings. The van der Waals surface area contributed by atoms with Crippen LogP contribution in [0, 0.1) is 6.92 Å². The van der Waals surface area contributed by atoms with Crippen LogP contribution in [0.3, 0.4) is 0 Å². The average molecular weight is 347 g/mol. The number of benzene rings is 2. The third kappa shape index (κ3) is 3.55. The molecule has 1 heterocycles. The largest absolute Gasteiger partial charge is 0.497 e. The molecule has 0 saturated heterocycles. The van der Waals surface area contributed by atoms with Crippen LogP contribution in [0.15, 0.2) is 52.7 Å². The summed E-state index contributed by atoms with van der Waals surface area (Å²) in [6.07, 6.45) is 0. The van der Waals surface area contributed by atoms with E-state index < -0.39 is 10.0 Å². The van der Waals surface area contributed by atoms with Gasteiger partial charge in [0.15, 0.2) is 0 Å². The molecule has 0 atom stereocenters. The molecule has 3 aromatic rings. The highest BCUT2D eigenvalue weighted by atomic mass is 32.2. The predicted octanol–water partition coefficient (Wildman–Crippen LogP) is 3.70. The number of rotatable bonds is 5. The lowest BCUT2D eigenvalue weighted by atomic mass is 10.1. The van der Waals surface area contributed by atoms with Crippen LogP contribution < -0.4 is 9.46 Å². The summed E-state index contributed by atoms with van der Waals surface area (Å²) in [6.45, 7) is 2.16. The summed E-state index contributed by atoms with van der Waals surface area (Å²) in [5.41, 5.74) is 0.916. The van der Waals surface area contributed by atoms with E-state index in [1.54, 1.807) is 13.2 Å². The molecule has 0 radical (unpaired) electrons. The number of fused-ring (bicyclic) bond motifs is 1. The fourth-order valence-corrected chi connectivity index (χ4v) is 4.66. The Hall–Kier alpha value is -1.89. The highest BCUT2D eigenvalue weighted by molar-refractivity contribution is 7.91. The summed E-state index contributed by atoms with van der Waals surface area (Å²) in [6, 6.07) is 15.1. The smallest absolute Gasteiger partial charge is 0.250 e. The van der Waals surface area contributed by atoms with Crippen LogP contribution in [-0.4, -0.2) is 15.5 Å². The van der Waals surface area contributed by atoms with E-state index >= 15 is 0 Å². The van der Waals surface area contributed by atoms with Crippen LogP contribution in [0.1, 0.15) is 10.4 Å². The van der Waals surface area contributed by atoms with E-state index in [9.17, 15) is 8.42 Å². The van der Waals surface area contributed by atoms with Crippen molar-refractivity contribution in [3.8, 4) is 5.75 Å². The zero-order chi connectivity index (χ0) is 16.4. The first kappa shape index (κ1) is 16.0. The molecule has 120 valence electrons. The van der Waals surface area contributed by atoms with Gasteiger partial charge >= 0.3 is 0 Å². The second-order valence-corrected chi connectivity index (χ2v) is 8.52. The summed E-state index contributed by atoms with van der Waals surface area (Å²) in [7, 11) is -1.82. The van der Waals surface area contributed by atoms with Crippen molar-refractivity contribution in [2.45, 2.75) is 17.7 Å². The van der Waals surface area contributed by atoms with E-state index in [1.807, 2.05) is 49.4 Å². The number of methoxy groups -OCH3 is 1. The molecule has 0 amide bonds. The predicted molar refractivity (Wildman–Crippen MR) is 93.6 cm³/mol. The summed E-state index contributed by atoms with van der Waals surface area (Å²) >= 11 is 1.27. The molecule has 4 nitrogen and oxygen atoms in total. The minimum absolute atomic E-state index is 0.265. The summed E-state index contributed by atoms with van der Waals surface area (Å²) in [5.74, 6) is 0.805. The van der Waals surface area contributed by atoms with Gasteiger partial charge in [-0.3, -0.25) is 0 Å². The molecule has 0 spiro atoms. The number of hydrogen-bond acceptors (Lipinski definition) is 4. The van der Waals surface area contributed by atoms with Crippen molar-refractivity contribution in [2.75, 3.05) is 7.11 Å². The number of aryl methyl sites for hydroxylation is 1. The van der Waals surface area contributed by atoms with Crippen LogP contribution in [0.5, 0.6) is 5.75 Å². The topological polar surface area (TPSA) is 55.4 Å². The lowest BCUT2D eigenvalue weighted by molar-refractivity contribution is 0.415. The standard InChI is InChI=1S/C17H17NO3S2/c1-12-3-8-17(22-12)23(19,20)18-11-13-4-5-15-10-16(21-2)7-6-14(15)9-13/h3-10,18H,11H2,1-2H3. The zero-order valence-corrected chi connectivity index (χ0v) is 14.5. The van der Waals surface area contributed by atoms with Gasteiger partial charge in [0.1, 0.15) is 9.96 Å². The van der Waals surface area contributed by atoms with Gasteiger partial charge in [0.2, 0.25) is 10.0 Å². The van der Waals surface area contributed by atoms with Crippen LogP contribution in [0.25, 0.3) is 10.8 Å². The van der Waals surface area contributed by atoms with Gasteiger partial charge in [-0.2, -0.15) is 0 Å². The second kappa shape index (κ2) is 6.31. The first-order chi connectivity index (χ1) is 11.0. The SMILES string of the molecule is COc1ccc2cc(CNS(=O)(=O)c3ccc(C)s3)ccc2c1. The van der Waals surface area contributed by atoms with Crippen molar-refractivity contribution in [1.29, 1.82) is 0 Å². The molecule has 0 unspecified atom stereocenters. The van der Waals surface area contributed by atoms with Crippen molar-refractivity contribution in [1.82, 2.24) is 4.72 Å². The van der Waals surface area contributed by atoms with E-state index in [0.717, 1.165) is 27.0 Å². The van der Waals surface area contributed by atoms with Gasteiger partial charge in [-0.1, -0.05) is 18.2 Å². The number of thiophene rings is 1. The van der Waals surface area contributed by atoms with E-state index in [4.69, 9.17) is 4.74 Å². The Balaban J connectivity index is 1.79. The van der Waals surface area contributed by atoms with Gasteiger partial charge in [0, 0.05) is 11.4 Å². The van der Waals surface area contributed by atoms with E-state index in [-0.39, 0.29) is 6.54 Å². The Bertz CT molecular complexity index is 945. The van der Waals surface area contributed by atoms with Crippen LogP contribution in [-0.2, 0) is 16.6 Å². The molecule has 0 aliphatic heterocycles. The van der Waals surface area contributed by atoms with Crippen LogP contribution in [0.4, 0.5) is 0 Å². The maximum absolute atomic E-state index is 12.2. The Kier molecular flexibility index (Phi) is 4.39. The lowest BCUT2D eigenvalue weighted by Gasteiger charge is -2.07. The van der Waals surface area contributed by atoms with Crippen LogP contribution >= 0.6 is 11.3 Å². The van der Waals surface area contributed by atoms with Crippen molar-refractivity contribution in [3.63, 3.8) is 0 Å². The van der Waals surface area contributed by atoms with Crippen LogP contribution in [0.2, 0.25) is 0 Å². The third-order valence-corrected chi connectivity index (χ3v) is 6.45. The Morgan fingerprint density at radius 1 is 1.04 bits per heavy atom. The number of hydrogen-bond donors (Lipinski definition) is 1. The normalized spacial score (nSPS) is 11.7. The number of sulfonamides is 1. The Morgan fingerprint density at radius 2 is 1.78 bits per heavy atom. The molecule has 0 fully saturated rings. The molecule has 0 saturated carbocycles. The number of nitrogens with one attached hydrogen (secondary N) is 1. The maximum atomic E-state index is 12.2. The average Bonchev–Trinajstić information content (AvgIpc) is 3.00. The Morgan fingerprint density at radius 3 is 2.48 bits per heavy atom. The van der Waals surface area contributed by atoms with Gasteiger partial charge < -0.3 is 4.74 Å². The minimum atomic E-state index is -3.45. The van der Waals surface area contributed by atoms with Crippen molar-refractivity contribution in [3.05, 3.63) is 59.0 Å². The maximum Gasteiger partial charge on any atom is 0.250 e. The molecule has 1 N–H and O–H groups in total. The van der Waals surface area contributed by atoms with E-state index in [0.29, 0.717) is 4.21 Å². The first-order valence-corrected chi connectivity index (χ1v) is 9.41. The van der Waals surface area contributed by atoms with Gasteiger partial charge in [-0.15, -0.1) is 11.3 Å². The van der Waals surface area contributed by atoms with Crippen molar-refractivity contribution in [2.24, 2.45) is 0 Å². The molecule has 23 heavy (non-hydrogen) atoms. The summed E-state index contributed by atoms with van der Waals surface area (Å²) in [5, 5.41) is 2.11. The highest BCUT2D eigenvalue weighted by Crippen LogP contribution is 2.23. The molecule has 0 bridgehead atoms. The molecule has 0 aliphatic carbocycles. The highest BCUT2D eigenvalue weighted by Gasteiger charge is 2.15. The molecule has 3 rings (SSSR count). The molecule has 2 aromatic carbocycles.